The van der Waals surface area contributed by atoms with Gasteiger partial charge in [0.05, 0.1) is 6.04 Å². The molecule has 0 aliphatic carbocycles. The molecule has 5 N–H and O–H groups in total. The lowest BCUT2D eigenvalue weighted by Crippen LogP contribution is -2.36. The van der Waals surface area contributed by atoms with E-state index in [1.165, 1.54) is 0 Å². The van der Waals surface area contributed by atoms with Gasteiger partial charge in [-0.3, -0.25) is 19.2 Å². The van der Waals surface area contributed by atoms with Crippen molar-refractivity contribution in [2.45, 2.75) is 25.3 Å². The average molecular weight is 394 g/mol. The van der Waals surface area contributed by atoms with E-state index >= 15 is 0 Å². The molecular formula is C21H22N4O4. The Balaban J connectivity index is 1.50. The first-order chi connectivity index (χ1) is 13.9. The van der Waals surface area contributed by atoms with Crippen LogP contribution in [0.1, 0.15) is 40.4 Å². The SMILES string of the molecule is NC(=O)c1cccc(CCNC(=O)C(=O)Nc2cccc(C3CCC(=O)N3)c2)c1. The van der Waals surface area contributed by atoms with Crippen LogP contribution >= 0.6 is 0 Å². The Morgan fingerprint density at radius 2 is 1.86 bits per heavy atom. The van der Waals surface area contributed by atoms with Crippen molar-refractivity contribution in [2.75, 3.05) is 11.9 Å². The number of nitrogens with one attached hydrogen (secondary N) is 3. The summed E-state index contributed by atoms with van der Waals surface area (Å²) in [5.41, 5.74) is 7.83. The van der Waals surface area contributed by atoms with Gasteiger partial charge in [0.15, 0.2) is 0 Å². The molecule has 1 saturated heterocycles. The van der Waals surface area contributed by atoms with Crippen LogP contribution in [0.4, 0.5) is 5.69 Å². The smallest absolute Gasteiger partial charge is 0.313 e. The highest BCUT2D eigenvalue weighted by atomic mass is 16.2. The van der Waals surface area contributed by atoms with Crippen LogP contribution < -0.4 is 21.7 Å². The number of amides is 4. The maximum absolute atomic E-state index is 12.1. The maximum Gasteiger partial charge on any atom is 0.313 e. The molecule has 29 heavy (non-hydrogen) atoms. The van der Waals surface area contributed by atoms with Crippen LogP contribution in [0.2, 0.25) is 0 Å². The third kappa shape index (κ3) is 5.41. The summed E-state index contributed by atoms with van der Waals surface area (Å²) < 4.78 is 0. The fourth-order valence-electron chi connectivity index (χ4n) is 3.17. The number of carbonyl (C=O) groups is 4. The molecule has 2 aromatic rings. The van der Waals surface area contributed by atoms with Crippen molar-refractivity contribution in [2.24, 2.45) is 5.73 Å². The van der Waals surface area contributed by atoms with Gasteiger partial charge in [-0.15, -0.1) is 0 Å². The highest BCUT2D eigenvalue weighted by Crippen LogP contribution is 2.25. The van der Waals surface area contributed by atoms with E-state index in [0.29, 0.717) is 30.5 Å². The summed E-state index contributed by atoms with van der Waals surface area (Å²) in [7, 11) is 0. The van der Waals surface area contributed by atoms with Gasteiger partial charge in [-0.2, -0.15) is 0 Å². The van der Waals surface area contributed by atoms with E-state index in [1.807, 2.05) is 12.1 Å². The molecule has 0 aromatic heterocycles. The molecular weight excluding hydrogens is 372 g/mol. The lowest BCUT2D eigenvalue weighted by atomic mass is 10.0. The minimum Gasteiger partial charge on any atom is -0.366 e. The Bertz CT molecular complexity index is 957. The first-order valence-corrected chi connectivity index (χ1v) is 9.29. The van der Waals surface area contributed by atoms with Gasteiger partial charge in [0.2, 0.25) is 11.8 Å². The number of benzene rings is 2. The minimum atomic E-state index is -0.775. The van der Waals surface area contributed by atoms with Gasteiger partial charge in [0, 0.05) is 24.2 Å². The number of rotatable bonds is 6. The largest absolute Gasteiger partial charge is 0.366 e. The summed E-state index contributed by atoms with van der Waals surface area (Å²) >= 11 is 0. The normalized spacial score (nSPS) is 15.4. The van der Waals surface area contributed by atoms with Crippen molar-refractivity contribution in [3.05, 3.63) is 65.2 Å². The van der Waals surface area contributed by atoms with E-state index in [4.69, 9.17) is 5.73 Å². The van der Waals surface area contributed by atoms with Crippen molar-refractivity contribution in [1.82, 2.24) is 10.6 Å². The number of anilines is 1. The number of nitrogens with two attached hydrogens (primary N) is 1. The first kappa shape index (κ1) is 20.1. The average Bonchev–Trinajstić information content (AvgIpc) is 3.14. The quantitative estimate of drug-likeness (QED) is 0.545. The number of carbonyl (C=O) groups excluding carboxylic acids is 4. The third-order valence-corrected chi connectivity index (χ3v) is 4.66. The van der Waals surface area contributed by atoms with Crippen LogP contribution in [-0.4, -0.2) is 30.2 Å². The Kier molecular flexibility index (Phi) is 6.23. The van der Waals surface area contributed by atoms with Gasteiger partial charge in [0.25, 0.3) is 0 Å². The molecule has 1 unspecified atom stereocenters. The maximum atomic E-state index is 12.1. The second kappa shape index (κ2) is 9.01. The molecule has 0 saturated carbocycles. The highest BCUT2D eigenvalue weighted by Gasteiger charge is 2.22. The van der Waals surface area contributed by atoms with E-state index in [0.717, 1.165) is 11.1 Å². The van der Waals surface area contributed by atoms with E-state index in [-0.39, 0.29) is 18.5 Å². The lowest BCUT2D eigenvalue weighted by Gasteiger charge is -2.12. The second-order valence-electron chi connectivity index (χ2n) is 6.81. The number of hydrogen-bond donors (Lipinski definition) is 4. The zero-order valence-electron chi connectivity index (χ0n) is 15.7. The van der Waals surface area contributed by atoms with E-state index < -0.39 is 17.7 Å². The predicted octanol–water partition coefficient (Wildman–Crippen LogP) is 1.03. The van der Waals surface area contributed by atoms with Crippen molar-refractivity contribution in [3.8, 4) is 0 Å². The van der Waals surface area contributed by atoms with Gasteiger partial charge >= 0.3 is 11.8 Å². The Morgan fingerprint density at radius 1 is 1.07 bits per heavy atom. The summed E-state index contributed by atoms with van der Waals surface area (Å²) in [4.78, 5) is 46.7. The van der Waals surface area contributed by atoms with Crippen LogP contribution in [0.3, 0.4) is 0 Å². The molecule has 0 radical (unpaired) electrons. The van der Waals surface area contributed by atoms with Gasteiger partial charge < -0.3 is 21.7 Å². The molecule has 4 amide bonds. The van der Waals surface area contributed by atoms with Crippen molar-refractivity contribution in [3.63, 3.8) is 0 Å². The van der Waals surface area contributed by atoms with Crippen LogP contribution in [0.5, 0.6) is 0 Å². The van der Waals surface area contributed by atoms with Crippen LogP contribution in [0, 0.1) is 0 Å². The van der Waals surface area contributed by atoms with Crippen LogP contribution in [0.15, 0.2) is 48.5 Å². The number of hydrogen-bond acceptors (Lipinski definition) is 4. The molecule has 3 rings (SSSR count). The first-order valence-electron chi connectivity index (χ1n) is 9.29. The Morgan fingerprint density at radius 3 is 2.59 bits per heavy atom. The molecule has 1 aliphatic rings. The van der Waals surface area contributed by atoms with Gasteiger partial charge in [-0.05, 0) is 48.2 Å². The topological polar surface area (TPSA) is 130 Å². The molecule has 0 bridgehead atoms. The highest BCUT2D eigenvalue weighted by molar-refractivity contribution is 6.39. The molecule has 8 heteroatoms. The van der Waals surface area contributed by atoms with E-state index in [1.54, 1.807) is 36.4 Å². The fourth-order valence-corrected chi connectivity index (χ4v) is 3.17. The van der Waals surface area contributed by atoms with Crippen molar-refractivity contribution >= 4 is 29.3 Å². The number of primary amides is 1. The summed E-state index contributed by atoms with van der Waals surface area (Å²) in [6.07, 6.45) is 1.64. The zero-order chi connectivity index (χ0) is 20.8. The van der Waals surface area contributed by atoms with E-state index in [2.05, 4.69) is 16.0 Å². The Labute approximate surface area is 167 Å². The van der Waals surface area contributed by atoms with Crippen LogP contribution in [-0.2, 0) is 20.8 Å². The van der Waals surface area contributed by atoms with E-state index in [9.17, 15) is 19.2 Å². The molecule has 150 valence electrons. The zero-order valence-corrected chi connectivity index (χ0v) is 15.7. The molecule has 1 atom stereocenters. The fraction of sp³-hybridized carbons (Fsp3) is 0.238. The molecule has 1 aliphatic heterocycles. The molecule has 2 aromatic carbocycles. The molecule has 8 nitrogen and oxygen atoms in total. The lowest BCUT2D eigenvalue weighted by molar-refractivity contribution is -0.136. The Hall–Kier alpha value is -3.68. The van der Waals surface area contributed by atoms with Gasteiger partial charge in [-0.1, -0.05) is 24.3 Å². The predicted molar refractivity (Wildman–Crippen MR) is 107 cm³/mol. The summed E-state index contributed by atoms with van der Waals surface area (Å²) in [5.74, 6) is -2.04. The van der Waals surface area contributed by atoms with Gasteiger partial charge in [0.1, 0.15) is 0 Å². The minimum absolute atomic E-state index is 0.00480. The summed E-state index contributed by atoms with van der Waals surface area (Å²) in [6.45, 7) is 0.239. The van der Waals surface area contributed by atoms with Crippen LogP contribution in [0.25, 0.3) is 0 Å². The summed E-state index contributed by atoms with van der Waals surface area (Å²) in [6, 6.07) is 13.8. The monoisotopic (exact) mass is 394 g/mol. The van der Waals surface area contributed by atoms with Crippen molar-refractivity contribution < 1.29 is 19.2 Å². The second-order valence-corrected chi connectivity index (χ2v) is 6.81. The summed E-state index contributed by atoms with van der Waals surface area (Å²) in [5, 5.41) is 7.98. The molecule has 1 heterocycles. The molecule has 0 spiro atoms. The molecule has 1 fully saturated rings. The van der Waals surface area contributed by atoms with Crippen molar-refractivity contribution in [1.29, 1.82) is 0 Å². The standard InChI is InChI=1S/C21H22N4O4/c22-19(27)15-5-1-3-13(11-15)9-10-23-20(28)21(29)24-16-6-2-4-14(12-16)17-7-8-18(26)25-17/h1-6,11-12,17H,7-10H2,(H2,22,27)(H,23,28)(H,24,29)(H,25,26). The van der Waals surface area contributed by atoms with Gasteiger partial charge in [-0.25, -0.2) is 0 Å². The third-order valence-electron chi connectivity index (χ3n) is 4.66.